The molecule has 0 saturated heterocycles. The van der Waals surface area contributed by atoms with E-state index in [0.717, 1.165) is 0 Å². The molecule has 0 aliphatic carbocycles. The second-order valence-corrected chi connectivity index (χ2v) is 2.24. The van der Waals surface area contributed by atoms with Crippen molar-refractivity contribution in [3.05, 3.63) is 30.1 Å². The predicted octanol–water partition coefficient (Wildman–Crippen LogP) is 1.26. The minimum Gasteiger partial charge on any atom is -0.449 e. The molecular weight excluding hydrogens is 166 g/mol. The largest absolute Gasteiger partial charge is 0.449 e. The van der Waals surface area contributed by atoms with Crippen molar-refractivity contribution < 1.29 is 9.53 Å². The summed E-state index contributed by atoms with van der Waals surface area (Å²) in [4.78, 5) is 15.0. The maximum Gasteiger partial charge on any atom is 0.340 e. The maximum absolute atomic E-state index is 11.2. The molecule has 0 aliphatic heterocycles. The molecule has 0 fully saturated rings. The molecule has 3 heteroatoms. The number of hydrogen-bond donors (Lipinski definition) is 0. The number of esters is 1. The SMILES string of the molecule is CC#CCOC(=O)c1cccnc1. The Morgan fingerprint density at radius 2 is 2.54 bits per heavy atom. The number of hydrogen-bond acceptors (Lipinski definition) is 3. The Morgan fingerprint density at radius 3 is 3.15 bits per heavy atom. The van der Waals surface area contributed by atoms with Gasteiger partial charge in [-0.2, -0.15) is 0 Å². The van der Waals surface area contributed by atoms with Crippen LogP contribution in [0.2, 0.25) is 0 Å². The molecule has 0 radical (unpaired) electrons. The summed E-state index contributed by atoms with van der Waals surface area (Å²) in [5.74, 6) is 4.87. The summed E-state index contributed by atoms with van der Waals surface area (Å²) in [6.45, 7) is 1.82. The molecule has 3 nitrogen and oxygen atoms in total. The van der Waals surface area contributed by atoms with Gasteiger partial charge in [0.25, 0.3) is 0 Å². The van der Waals surface area contributed by atoms with Crippen molar-refractivity contribution in [1.29, 1.82) is 0 Å². The van der Waals surface area contributed by atoms with E-state index in [1.54, 1.807) is 25.3 Å². The Balaban J connectivity index is 2.53. The number of ether oxygens (including phenoxy) is 1. The predicted molar refractivity (Wildman–Crippen MR) is 48.0 cm³/mol. The van der Waals surface area contributed by atoms with Crippen LogP contribution in [0.3, 0.4) is 0 Å². The summed E-state index contributed by atoms with van der Waals surface area (Å²) in [5.41, 5.74) is 0.445. The van der Waals surface area contributed by atoms with Crippen molar-refractivity contribution in [2.24, 2.45) is 0 Å². The molecule has 0 saturated carbocycles. The van der Waals surface area contributed by atoms with Crippen LogP contribution >= 0.6 is 0 Å². The molecule has 1 heterocycles. The summed E-state index contributed by atoms with van der Waals surface area (Å²) in [6.07, 6.45) is 3.06. The normalized spacial score (nSPS) is 8.38. The van der Waals surface area contributed by atoms with Crippen LogP contribution in [0.4, 0.5) is 0 Å². The van der Waals surface area contributed by atoms with Gasteiger partial charge in [-0.05, 0) is 19.1 Å². The van der Waals surface area contributed by atoms with Gasteiger partial charge in [0.05, 0.1) is 5.56 Å². The molecule has 1 aromatic heterocycles. The van der Waals surface area contributed by atoms with Crippen LogP contribution < -0.4 is 0 Å². The molecule has 0 unspecified atom stereocenters. The van der Waals surface area contributed by atoms with Crippen molar-refractivity contribution in [2.75, 3.05) is 6.61 Å². The van der Waals surface area contributed by atoms with Crippen molar-refractivity contribution in [1.82, 2.24) is 4.98 Å². The highest BCUT2D eigenvalue weighted by molar-refractivity contribution is 5.88. The first kappa shape index (κ1) is 9.27. The standard InChI is InChI=1S/C10H9NO2/c1-2-3-7-13-10(12)9-5-4-6-11-8-9/h4-6,8H,7H2,1H3. The molecule has 0 atom stereocenters. The van der Waals surface area contributed by atoms with E-state index in [2.05, 4.69) is 16.8 Å². The summed E-state index contributed by atoms with van der Waals surface area (Å²) in [7, 11) is 0. The van der Waals surface area contributed by atoms with Gasteiger partial charge in [0.2, 0.25) is 0 Å². The summed E-state index contributed by atoms with van der Waals surface area (Å²) in [5, 5.41) is 0. The van der Waals surface area contributed by atoms with Gasteiger partial charge in [-0.1, -0.05) is 5.92 Å². The van der Waals surface area contributed by atoms with Crippen LogP contribution in [0, 0.1) is 11.8 Å². The van der Waals surface area contributed by atoms with Crippen molar-refractivity contribution >= 4 is 5.97 Å². The number of aromatic nitrogens is 1. The van der Waals surface area contributed by atoms with Crippen LogP contribution in [0.5, 0.6) is 0 Å². The molecule has 66 valence electrons. The summed E-state index contributed by atoms with van der Waals surface area (Å²) in [6, 6.07) is 3.33. The van der Waals surface area contributed by atoms with E-state index >= 15 is 0 Å². The third-order valence-corrected chi connectivity index (χ3v) is 1.35. The molecular formula is C10H9NO2. The van der Waals surface area contributed by atoms with Gasteiger partial charge < -0.3 is 4.74 Å². The highest BCUT2D eigenvalue weighted by atomic mass is 16.5. The molecule has 0 aliphatic rings. The lowest BCUT2D eigenvalue weighted by molar-refractivity contribution is 0.0556. The number of carbonyl (C=O) groups is 1. The van der Waals surface area contributed by atoms with E-state index in [1.807, 2.05) is 0 Å². The lowest BCUT2D eigenvalue weighted by Gasteiger charge is -1.98. The number of pyridine rings is 1. The molecule has 1 rings (SSSR count). The molecule has 1 aromatic rings. The lowest BCUT2D eigenvalue weighted by atomic mass is 10.3. The van der Waals surface area contributed by atoms with Gasteiger partial charge in [-0.25, -0.2) is 4.79 Å². The molecule has 0 N–H and O–H groups in total. The number of nitrogens with zero attached hydrogens (tertiary/aromatic N) is 1. The quantitative estimate of drug-likeness (QED) is 0.501. The van der Waals surface area contributed by atoms with Crippen LogP contribution in [0.1, 0.15) is 17.3 Å². The van der Waals surface area contributed by atoms with Gasteiger partial charge in [0.1, 0.15) is 0 Å². The molecule has 13 heavy (non-hydrogen) atoms. The maximum atomic E-state index is 11.2. The summed E-state index contributed by atoms with van der Waals surface area (Å²) >= 11 is 0. The van der Waals surface area contributed by atoms with Crippen LogP contribution in [0.15, 0.2) is 24.5 Å². The molecule has 0 spiro atoms. The van der Waals surface area contributed by atoms with Gasteiger partial charge in [0, 0.05) is 12.4 Å². The second-order valence-electron chi connectivity index (χ2n) is 2.24. The first-order valence-corrected chi connectivity index (χ1v) is 3.81. The fraction of sp³-hybridized carbons (Fsp3) is 0.200. The lowest BCUT2D eigenvalue weighted by Crippen LogP contribution is -2.05. The van der Waals surface area contributed by atoms with Gasteiger partial charge in [-0.15, -0.1) is 5.92 Å². The zero-order chi connectivity index (χ0) is 9.52. The second kappa shape index (κ2) is 4.94. The highest BCUT2D eigenvalue weighted by Crippen LogP contribution is 1.97. The average molecular weight is 175 g/mol. The van der Waals surface area contributed by atoms with Crippen molar-refractivity contribution in [2.45, 2.75) is 6.92 Å². The van der Waals surface area contributed by atoms with Gasteiger partial charge in [-0.3, -0.25) is 4.98 Å². The minimum atomic E-state index is -0.393. The number of rotatable bonds is 2. The zero-order valence-corrected chi connectivity index (χ0v) is 7.28. The van der Waals surface area contributed by atoms with Crippen LogP contribution in [0.25, 0.3) is 0 Å². The minimum absolute atomic E-state index is 0.129. The van der Waals surface area contributed by atoms with Crippen molar-refractivity contribution in [3.63, 3.8) is 0 Å². The average Bonchev–Trinajstić information content (AvgIpc) is 2.19. The highest BCUT2D eigenvalue weighted by Gasteiger charge is 2.04. The Labute approximate surface area is 76.8 Å². The van der Waals surface area contributed by atoms with Crippen molar-refractivity contribution in [3.8, 4) is 11.8 Å². The fourth-order valence-electron chi connectivity index (χ4n) is 0.741. The molecule has 0 amide bonds. The molecule has 0 aromatic carbocycles. The van der Waals surface area contributed by atoms with Gasteiger partial charge in [0.15, 0.2) is 6.61 Å². The van der Waals surface area contributed by atoms with E-state index in [0.29, 0.717) is 5.56 Å². The van der Waals surface area contributed by atoms with Crippen LogP contribution in [-0.4, -0.2) is 17.6 Å². The first-order chi connectivity index (χ1) is 6.34. The fourth-order valence-corrected chi connectivity index (χ4v) is 0.741. The zero-order valence-electron chi connectivity index (χ0n) is 7.28. The Hall–Kier alpha value is -1.82. The van der Waals surface area contributed by atoms with E-state index in [4.69, 9.17) is 4.74 Å². The third-order valence-electron chi connectivity index (χ3n) is 1.35. The van der Waals surface area contributed by atoms with E-state index in [-0.39, 0.29) is 6.61 Å². The summed E-state index contributed by atoms with van der Waals surface area (Å²) < 4.78 is 4.82. The van der Waals surface area contributed by atoms with E-state index in [1.165, 1.54) is 6.20 Å². The molecule has 0 bridgehead atoms. The van der Waals surface area contributed by atoms with E-state index in [9.17, 15) is 4.79 Å². The van der Waals surface area contributed by atoms with Crippen LogP contribution in [-0.2, 0) is 4.74 Å². The smallest absolute Gasteiger partial charge is 0.340 e. The number of carbonyl (C=O) groups excluding carboxylic acids is 1. The first-order valence-electron chi connectivity index (χ1n) is 3.81. The Kier molecular flexibility index (Phi) is 3.52. The Bertz CT molecular complexity index is 335. The van der Waals surface area contributed by atoms with Gasteiger partial charge >= 0.3 is 5.97 Å². The topological polar surface area (TPSA) is 39.2 Å². The monoisotopic (exact) mass is 175 g/mol. The third kappa shape index (κ3) is 2.96. The Morgan fingerprint density at radius 1 is 1.69 bits per heavy atom. The van der Waals surface area contributed by atoms with E-state index < -0.39 is 5.97 Å².